The fraction of sp³-hybridized carbons (Fsp3) is 0.444. The van der Waals surface area contributed by atoms with Crippen LogP contribution in [0.4, 0.5) is 18.9 Å². The Morgan fingerprint density at radius 2 is 1.85 bits per heavy atom. The summed E-state index contributed by atoms with van der Waals surface area (Å²) in [6.07, 6.45) is -4.11. The first kappa shape index (κ1) is 19.4. The zero-order valence-electron chi connectivity index (χ0n) is 15.2. The van der Waals surface area contributed by atoms with Gasteiger partial charge in [0, 0.05) is 37.0 Å². The Hall–Kier alpha value is -2.39. The summed E-state index contributed by atoms with van der Waals surface area (Å²) >= 11 is 0. The number of hydrogen-bond acceptors (Lipinski definition) is 4. The maximum atomic E-state index is 13.1. The van der Waals surface area contributed by atoms with Crippen LogP contribution in [0.1, 0.15) is 24.2 Å². The van der Waals surface area contributed by atoms with Gasteiger partial charge in [-0.25, -0.2) is 4.98 Å². The van der Waals surface area contributed by atoms with Gasteiger partial charge in [0.1, 0.15) is 5.54 Å². The number of ether oxygens (including phenoxy) is 1. The number of alkyl halides is 3. The summed E-state index contributed by atoms with van der Waals surface area (Å²) < 4.78 is 45.8. The predicted octanol–water partition coefficient (Wildman–Crippen LogP) is 2.87. The first-order valence-corrected chi connectivity index (χ1v) is 8.34. The molecule has 6 nitrogen and oxygen atoms in total. The number of anilines is 1. The number of carbonyl (C=O) groups is 1. The molecule has 0 bridgehead atoms. The first-order chi connectivity index (χ1) is 12.5. The largest absolute Gasteiger partial charge is 0.417 e. The number of nitrogens with two attached hydrogens (primary N) is 1. The molecule has 1 heterocycles. The number of nitrogens with zero attached hydrogens (tertiary/aromatic N) is 2. The third-order valence-corrected chi connectivity index (χ3v) is 5.22. The van der Waals surface area contributed by atoms with Crippen molar-refractivity contribution in [3.05, 3.63) is 42.0 Å². The van der Waals surface area contributed by atoms with Gasteiger partial charge >= 0.3 is 6.18 Å². The second kappa shape index (κ2) is 6.35. The Labute approximate surface area is 154 Å². The minimum atomic E-state index is -4.58. The highest BCUT2D eigenvalue weighted by atomic mass is 19.4. The van der Waals surface area contributed by atoms with Gasteiger partial charge in [-0.1, -0.05) is 0 Å². The number of amides is 1. The Bertz CT molecular complexity index is 852. The maximum Gasteiger partial charge on any atom is 0.417 e. The second-order valence-corrected chi connectivity index (χ2v) is 6.99. The highest BCUT2D eigenvalue weighted by Gasteiger charge is 2.69. The number of halogens is 3. The molecule has 1 aromatic heterocycles. The molecule has 1 aliphatic rings. The van der Waals surface area contributed by atoms with E-state index in [1.165, 1.54) is 0 Å². The van der Waals surface area contributed by atoms with Gasteiger partial charge in [-0.05, 0) is 38.1 Å². The average molecular weight is 382 g/mol. The van der Waals surface area contributed by atoms with Crippen molar-refractivity contribution >= 4 is 11.6 Å². The molecule has 1 saturated carbocycles. The molecular formula is C18H21F3N4O2. The summed E-state index contributed by atoms with van der Waals surface area (Å²) in [5.74, 6) is -0.665. The molecule has 3 N–H and O–H groups in total. The molecule has 0 unspecified atom stereocenters. The molecule has 9 heteroatoms. The SMILES string of the molecule is COC1(C(F)(F)F)CC(N)(C(=O)Nc2ccc(-n3cnc(C)c3C)cc2)C1. The zero-order valence-corrected chi connectivity index (χ0v) is 15.2. The summed E-state index contributed by atoms with van der Waals surface area (Å²) in [5.41, 5.74) is 5.10. The molecule has 0 spiro atoms. The van der Waals surface area contributed by atoms with Gasteiger partial charge in [-0.2, -0.15) is 13.2 Å². The van der Waals surface area contributed by atoms with Crippen molar-refractivity contribution in [3.8, 4) is 5.69 Å². The van der Waals surface area contributed by atoms with Crippen LogP contribution in [-0.4, -0.2) is 39.9 Å². The van der Waals surface area contributed by atoms with E-state index in [1.807, 2.05) is 18.4 Å². The quantitative estimate of drug-likeness (QED) is 0.852. The normalized spacial score (nSPS) is 25.1. The predicted molar refractivity (Wildman–Crippen MR) is 93.6 cm³/mol. The van der Waals surface area contributed by atoms with E-state index in [-0.39, 0.29) is 0 Å². The van der Waals surface area contributed by atoms with Crippen LogP contribution in [0.2, 0.25) is 0 Å². The highest BCUT2D eigenvalue weighted by Crippen LogP contribution is 2.52. The number of imidazole rings is 1. The molecule has 1 amide bonds. The molecule has 3 rings (SSSR count). The third kappa shape index (κ3) is 3.21. The Balaban J connectivity index is 1.69. The van der Waals surface area contributed by atoms with Crippen LogP contribution in [0.3, 0.4) is 0 Å². The second-order valence-electron chi connectivity index (χ2n) is 6.99. The summed E-state index contributed by atoms with van der Waals surface area (Å²) in [5, 5.41) is 2.58. The van der Waals surface area contributed by atoms with Crippen LogP contribution in [-0.2, 0) is 9.53 Å². The van der Waals surface area contributed by atoms with Crippen LogP contribution in [0.25, 0.3) is 5.69 Å². The molecule has 27 heavy (non-hydrogen) atoms. The van der Waals surface area contributed by atoms with Gasteiger partial charge in [0.05, 0.1) is 12.0 Å². The Morgan fingerprint density at radius 1 is 1.26 bits per heavy atom. The highest BCUT2D eigenvalue weighted by molar-refractivity contribution is 5.99. The van der Waals surface area contributed by atoms with Crippen LogP contribution >= 0.6 is 0 Å². The van der Waals surface area contributed by atoms with E-state index in [9.17, 15) is 18.0 Å². The number of nitrogens with one attached hydrogen (secondary N) is 1. The minimum Gasteiger partial charge on any atom is -0.369 e. The maximum absolute atomic E-state index is 13.1. The van der Waals surface area contributed by atoms with Crippen molar-refractivity contribution < 1.29 is 22.7 Å². The van der Waals surface area contributed by atoms with Gasteiger partial charge < -0.3 is 20.4 Å². The molecule has 146 valence electrons. The van der Waals surface area contributed by atoms with Gasteiger partial charge in [-0.3, -0.25) is 4.79 Å². The summed E-state index contributed by atoms with van der Waals surface area (Å²) in [6.45, 7) is 3.84. The van der Waals surface area contributed by atoms with Crippen molar-refractivity contribution in [2.24, 2.45) is 5.73 Å². The van der Waals surface area contributed by atoms with Crippen molar-refractivity contribution in [2.45, 2.75) is 44.0 Å². The van der Waals surface area contributed by atoms with Crippen LogP contribution < -0.4 is 11.1 Å². The van der Waals surface area contributed by atoms with E-state index >= 15 is 0 Å². The smallest absolute Gasteiger partial charge is 0.369 e. The summed E-state index contributed by atoms with van der Waals surface area (Å²) in [6, 6.07) is 6.89. The van der Waals surface area contributed by atoms with E-state index in [0.717, 1.165) is 24.2 Å². The topological polar surface area (TPSA) is 82.2 Å². The molecule has 0 radical (unpaired) electrons. The van der Waals surface area contributed by atoms with E-state index < -0.39 is 36.1 Å². The fourth-order valence-corrected chi connectivity index (χ4v) is 3.31. The average Bonchev–Trinajstić information content (AvgIpc) is 2.90. The lowest BCUT2D eigenvalue weighted by Gasteiger charge is -2.52. The summed E-state index contributed by atoms with van der Waals surface area (Å²) in [4.78, 5) is 16.6. The van der Waals surface area contributed by atoms with Gasteiger partial charge in [0.25, 0.3) is 0 Å². The molecular weight excluding hydrogens is 361 g/mol. The van der Waals surface area contributed by atoms with Crippen molar-refractivity contribution in [2.75, 3.05) is 12.4 Å². The number of benzene rings is 1. The molecule has 0 aliphatic heterocycles. The number of methoxy groups -OCH3 is 1. The van der Waals surface area contributed by atoms with Crippen LogP contribution in [0, 0.1) is 13.8 Å². The number of aryl methyl sites for hydroxylation is 1. The lowest BCUT2D eigenvalue weighted by atomic mass is 9.64. The van der Waals surface area contributed by atoms with E-state index in [2.05, 4.69) is 15.0 Å². The van der Waals surface area contributed by atoms with Crippen LogP contribution in [0.15, 0.2) is 30.6 Å². The third-order valence-electron chi connectivity index (χ3n) is 5.22. The number of rotatable bonds is 4. The molecule has 0 atom stereocenters. The fourth-order valence-electron chi connectivity index (χ4n) is 3.31. The Kier molecular flexibility index (Phi) is 4.55. The number of carbonyl (C=O) groups excluding carboxylic acids is 1. The molecule has 1 aliphatic carbocycles. The molecule has 2 aromatic rings. The van der Waals surface area contributed by atoms with Gasteiger partial charge in [0.2, 0.25) is 5.91 Å². The van der Waals surface area contributed by atoms with E-state index in [1.54, 1.807) is 30.6 Å². The monoisotopic (exact) mass is 382 g/mol. The van der Waals surface area contributed by atoms with Gasteiger partial charge in [0.15, 0.2) is 5.60 Å². The van der Waals surface area contributed by atoms with Crippen molar-refractivity contribution in [1.29, 1.82) is 0 Å². The zero-order chi connectivity index (χ0) is 20.0. The van der Waals surface area contributed by atoms with Crippen LogP contribution in [0.5, 0.6) is 0 Å². The minimum absolute atomic E-state index is 0.449. The van der Waals surface area contributed by atoms with E-state index in [0.29, 0.717) is 5.69 Å². The number of aromatic nitrogens is 2. The lowest BCUT2D eigenvalue weighted by Crippen LogP contribution is -2.72. The molecule has 0 saturated heterocycles. The Morgan fingerprint density at radius 3 is 2.30 bits per heavy atom. The first-order valence-electron chi connectivity index (χ1n) is 8.34. The number of hydrogen-bond donors (Lipinski definition) is 2. The van der Waals surface area contributed by atoms with Crippen molar-refractivity contribution in [3.63, 3.8) is 0 Å². The molecule has 1 aromatic carbocycles. The molecule has 1 fully saturated rings. The summed E-state index contributed by atoms with van der Waals surface area (Å²) in [7, 11) is 0.976. The van der Waals surface area contributed by atoms with Crippen molar-refractivity contribution in [1.82, 2.24) is 9.55 Å². The van der Waals surface area contributed by atoms with Gasteiger partial charge in [-0.15, -0.1) is 0 Å². The van der Waals surface area contributed by atoms with E-state index in [4.69, 9.17) is 5.73 Å². The standard InChI is InChI=1S/C18H21F3N4O2/c1-11-12(2)25(10-23-11)14-6-4-13(5-7-14)24-15(26)16(22)8-17(9-16,27-3)18(19,20)21/h4-7,10H,8-9,22H2,1-3H3,(H,24,26). The lowest BCUT2D eigenvalue weighted by molar-refractivity contribution is -0.307.